The summed E-state index contributed by atoms with van der Waals surface area (Å²) in [5.41, 5.74) is 0.714. The molecule has 0 bridgehead atoms. The molecule has 1 aromatic carbocycles. The van der Waals surface area contributed by atoms with E-state index in [4.69, 9.17) is 14.2 Å². The van der Waals surface area contributed by atoms with E-state index in [-0.39, 0.29) is 25.8 Å². The van der Waals surface area contributed by atoms with Gasteiger partial charge in [0.2, 0.25) is 12.7 Å². The van der Waals surface area contributed by atoms with Gasteiger partial charge in [-0.3, -0.25) is 4.79 Å². The first-order valence-corrected chi connectivity index (χ1v) is 6.74. The van der Waals surface area contributed by atoms with Crippen LogP contribution in [0.5, 0.6) is 11.5 Å². The molecule has 0 saturated carbocycles. The molecule has 3 N–H and O–H groups in total. The number of rotatable bonds is 8. The number of aliphatic hydroxyl groups is 1. The largest absolute Gasteiger partial charge is 0.454 e. The Bertz CT molecular complexity index is 480. The average Bonchev–Trinajstić information content (AvgIpc) is 2.94. The maximum absolute atomic E-state index is 11.4. The highest BCUT2D eigenvalue weighted by atomic mass is 16.7. The maximum atomic E-state index is 11.4. The normalized spacial score (nSPS) is 14.0. The van der Waals surface area contributed by atoms with E-state index < -0.39 is 6.10 Å². The van der Waals surface area contributed by atoms with Crippen molar-refractivity contribution in [1.82, 2.24) is 10.6 Å². The molecule has 0 radical (unpaired) electrons. The fourth-order valence-electron chi connectivity index (χ4n) is 1.92. The Hall–Kier alpha value is -1.83. The summed E-state index contributed by atoms with van der Waals surface area (Å²) in [6, 6.07) is 5.28. The Kier molecular flexibility index (Phi) is 5.79. The minimum atomic E-state index is -0.716. The lowest BCUT2D eigenvalue weighted by molar-refractivity contribution is -0.120. The standard InChI is InChI=1S/C14H20N2O5/c1-19-5-4-16-14(18)8-15-7-11(17)10-2-3-12-13(6-10)21-9-20-12/h2-3,6,11,15,17H,4-5,7-9H2,1H3,(H,16,18). The minimum Gasteiger partial charge on any atom is -0.454 e. The first-order chi connectivity index (χ1) is 10.2. The van der Waals surface area contributed by atoms with Crippen LogP contribution in [0.4, 0.5) is 0 Å². The van der Waals surface area contributed by atoms with Gasteiger partial charge in [-0.15, -0.1) is 0 Å². The van der Waals surface area contributed by atoms with Gasteiger partial charge in [-0.2, -0.15) is 0 Å². The van der Waals surface area contributed by atoms with Gasteiger partial charge in [0.15, 0.2) is 11.5 Å². The number of hydrogen-bond acceptors (Lipinski definition) is 6. The molecule has 116 valence electrons. The molecule has 2 rings (SSSR count). The van der Waals surface area contributed by atoms with Crippen LogP contribution in [0.2, 0.25) is 0 Å². The van der Waals surface area contributed by atoms with Crippen LogP contribution in [-0.4, -0.2) is 51.2 Å². The molecule has 1 aliphatic heterocycles. The summed E-state index contributed by atoms with van der Waals surface area (Å²) in [6.45, 7) is 1.57. The summed E-state index contributed by atoms with van der Waals surface area (Å²) in [5, 5.41) is 15.7. The zero-order chi connectivity index (χ0) is 15.1. The predicted molar refractivity (Wildman–Crippen MR) is 75.3 cm³/mol. The number of nitrogens with one attached hydrogen (secondary N) is 2. The molecule has 0 aromatic heterocycles. The smallest absolute Gasteiger partial charge is 0.234 e. The lowest BCUT2D eigenvalue weighted by atomic mass is 10.1. The van der Waals surface area contributed by atoms with Gasteiger partial charge in [-0.05, 0) is 17.7 Å². The first-order valence-electron chi connectivity index (χ1n) is 6.74. The van der Waals surface area contributed by atoms with E-state index >= 15 is 0 Å². The molecule has 7 nitrogen and oxygen atoms in total. The van der Waals surface area contributed by atoms with Gasteiger partial charge < -0.3 is 30.0 Å². The van der Waals surface area contributed by atoms with Crippen molar-refractivity contribution in [2.24, 2.45) is 0 Å². The number of ether oxygens (including phenoxy) is 3. The van der Waals surface area contributed by atoms with E-state index in [9.17, 15) is 9.90 Å². The van der Waals surface area contributed by atoms with Crippen molar-refractivity contribution >= 4 is 5.91 Å². The molecule has 0 spiro atoms. The van der Waals surface area contributed by atoms with Gasteiger partial charge in [-0.1, -0.05) is 6.07 Å². The molecule has 1 aromatic rings. The van der Waals surface area contributed by atoms with E-state index in [1.54, 1.807) is 25.3 Å². The Morgan fingerprint density at radius 1 is 1.43 bits per heavy atom. The fourth-order valence-corrected chi connectivity index (χ4v) is 1.92. The van der Waals surface area contributed by atoms with Crippen molar-refractivity contribution in [3.8, 4) is 11.5 Å². The van der Waals surface area contributed by atoms with Crippen LogP contribution in [0, 0.1) is 0 Å². The summed E-state index contributed by atoms with van der Waals surface area (Å²) in [5.74, 6) is 1.17. The molecular weight excluding hydrogens is 276 g/mol. The van der Waals surface area contributed by atoms with E-state index in [0.717, 1.165) is 0 Å². The van der Waals surface area contributed by atoms with Crippen molar-refractivity contribution in [2.75, 3.05) is 40.1 Å². The van der Waals surface area contributed by atoms with Crippen molar-refractivity contribution < 1.29 is 24.1 Å². The lowest BCUT2D eigenvalue weighted by Gasteiger charge is -2.12. The number of amides is 1. The van der Waals surface area contributed by atoms with Crippen LogP contribution >= 0.6 is 0 Å². The summed E-state index contributed by atoms with van der Waals surface area (Å²) >= 11 is 0. The molecule has 1 atom stereocenters. The first kappa shape index (κ1) is 15.6. The van der Waals surface area contributed by atoms with Crippen LogP contribution in [0.25, 0.3) is 0 Å². The van der Waals surface area contributed by atoms with Gasteiger partial charge in [0.25, 0.3) is 0 Å². The van der Waals surface area contributed by atoms with Crippen molar-refractivity contribution in [3.05, 3.63) is 23.8 Å². The summed E-state index contributed by atoms with van der Waals surface area (Å²) in [4.78, 5) is 11.4. The minimum absolute atomic E-state index is 0.134. The van der Waals surface area contributed by atoms with Crippen molar-refractivity contribution in [3.63, 3.8) is 0 Å². The zero-order valence-electron chi connectivity index (χ0n) is 11.9. The van der Waals surface area contributed by atoms with Gasteiger partial charge in [0.1, 0.15) is 0 Å². The van der Waals surface area contributed by atoms with E-state index in [2.05, 4.69) is 10.6 Å². The van der Waals surface area contributed by atoms with Crippen LogP contribution in [0.1, 0.15) is 11.7 Å². The molecule has 0 saturated heterocycles. The van der Waals surface area contributed by atoms with Crippen LogP contribution in [0.15, 0.2) is 18.2 Å². The zero-order valence-corrected chi connectivity index (χ0v) is 11.9. The monoisotopic (exact) mass is 296 g/mol. The summed E-state index contributed by atoms with van der Waals surface area (Å²) in [7, 11) is 1.58. The molecule has 21 heavy (non-hydrogen) atoms. The van der Waals surface area contributed by atoms with E-state index in [1.807, 2.05) is 0 Å². The molecule has 0 fully saturated rings. The van der Waals surface area contributed by atoms with E-state index in [1.165, 1.54) is 0 Å². The summed E-state index contributed by atoms with van der Waals surface area (Å²) in [6.07, 6.45) is -0.716. The van der Waals surface area contributed by atoms with Gasteiger partial charge in [0, 0.05) is 20.2 Å². The van der Waals surface area contributed by atoms with Crippen molar-refractivity contribution in [2.45, 2.75) is 6.10 Å². The number of fused-ring (bicyclic) bond motifs is 1. The second kappa shape index (κ2) is 7.82. The molecular formula is C14H20N2O5. The average molecular weight is 296 g/mol. The number of carbonyl (C=O) groups excluding carboxylic acids is 1. The third-order valence-corrected chi connectivity index (χ3v) is 3.03. The number of benzene rings is 1. The van der Waals surface area contributed by atoms with E-state index in [0.29, 0.717) is 30.2 Å². The molecule has 1 aliphatic rings. The number of carbonyl (C=O) groups is 1. The lowest BCUT2D eigenvalue weighted by Crippen LogP contribution is -2.37. The van der Waals surface area contributed by atoms with Gasteiger partial charge in [-0.25, -0.2) is 0 Å². The third kappa shape index (κ3) is 4.59. The van der Waals surface area contributed by atoms with Crippen molar-refractivity contribution in [1.29, 1.82) is 0 Å². The highest BCUT2D eigenvalue weighted by molar-refractivity contribution is 5.77. The van der Waals surface area contributed by atoms with Crippen LogP contribution < -0.4 is 20.1 Å². The second-order valence-corrected chi connectivity index (χ2v) is 4.60. The predicted octanol–water partition coefficient (Wildman–Crippen LogP) is -0.199. The third-order valence-electron chi connectivity index (χ3n) is 3.03. The Morgan fingerprint density at radius 2 is 2.24 bits per heavy atom. The fraction of sp³-hybridized carbons (Fsp3) is 0.500. The molecule has 0 aliphatic carbocycles. The molecule has 1 heterocycles. The highest BCUT2D eigenvalue weighted by Crippen LogP contribution is 2.33. The topological polar surface area (TPSA) is 89.1 Å². The quantitative estimate of drug-likeness (QED) is 0.576. The maximum Gasteiger partial charge on any atom is 0.234 e. The van der Waals surface area contributed by atoms with Crippen LogP contribution in [-0.2, 0) is 9.53 Å². The molecule has 7 heteroatoms. The van der Waals surface area contributed by atoms with Crippen LogP contribution in [0.3, 0.4) is 0 Å². The van der Waals surface area contributed by atoms with Gasteiger partial charge in [0.05, 0.1) is 19.3 Å². The number of aliphatic hydroxyl groups excluding tert-OH is 1. The summed E-state index contributed by atoms with van der Waals surface area (Å²) < 4.78 is 15.3. The second-order valence-electron chi connectivity index (χ2n) is 4.60. The molecule has 1 amide bonds. The Balaban J connectivity index is 1.72. The van der Waals surface area contributed by atoms with Gasteiger partial charge >= 0.3 is 0 Å². The Morgan fingerprint density at radius 3 is 3.05 bits per heavy atom. The number of methoxy groups -OCH3 is 1. The highest BCUT2D eigenvalue weighted by Gasteiger charge is 2.16. The Labute approximate surface area is 123 Å². The SMILES string of the molecule is COCCNC(=O)CNCC(O)c1ccc2c(c1)OCO2. The molecule has 1 unspecified atom stereocenters. The number of hydrogen-bond donors (Lipinski definition) is 3.